The van der Waals surface area contributed by atoms with Crippen LogP contribution in [0.15, 0.2) is 30.3 Å². The Bertz CT molecular complexity index is 782. The van der Waals surface area contributed by atoms with Crippen LogP contribution >= 0.6 is 0 Å². The topological polar surface area (TPSA) is 76.0 Å². The first-order chi connectivity index (χ1) is 14.0. The van der Waals surface area contributed by atoms with Gasteiger partial charge in [-0.15, -0.1) is 0 Å². The molecule has 0 atom stereocenters. The Morgan fingerprint density at radius 2 is 1.38 bits per heavy atom. The average molecular weight is 405 g/mol. The van der Waals surface area contributed by atoms with Crippen LogP contribution in [0.2, 0.25) is 0 Å². The maximum Gasteiger partial charge on any atom is 0.344 e. The summed E-state index contributed by atoms with van der Waals surface area (Å²) in [6.07, 6.45) is 0. The lowest BCUT2D eigenvalue weighted by Crippen LogP contribution is -2.14. The first kappa shape index (κ1) is 24.2. The highest BCUT2D eigenvalue weighted by Crippen LogP contribution is 2.32. The Morgan fingerprint density at radius 1 is 0.862 bits per heavy atom. The van der Waals surface area contributed by atoms with Gasteiger partial charge in [-0.1, -0.05) is 30.3 Å². The summed E-state index contributed by atoms with van der Waals surface area (Å²) in [5.41, 5.74) is 1.96. The van der Waals surface area contributed by atoms with Gasteiger partial charge in [0, 0.05) is 19.9 Å². The molecule has 0 aliphatic heterocycles. The Hall–Kier alpha value is -2.80. The van der Waals surface area contributed by atoms with Crippen LogP contribution in [0.4, 0.5) is 0 Å². The third-order valence-electron chi connectivity index (χ3n) is 3.90. The van der Waals surface area contributed by atoms with Crippen molar-refractivity contribution in [2.75, 3.05) is 34.0 Å². The molecule has 1 aromatic heterocycles. The Kier molecular flexibility index (Phi) is 10.5. The second-order valence-corrected chi connectivity index (χ2v) is 5.99. The number of ether oxygens (including phenoxy) is 4. The number of esters is 2. The molecule has 29 heavy (non-hydrogen) atoms. The van der Waals surface area contributed by atoms with Crippen molar-refractivity contribution in [1.82, 2.24) is 4.57 Å². The van der Waals surface area contributed by atoms with E-state index < -0.39 is 11.9 Å². The summed E-state index contributed by atoms with van der Waals surface area (Å²) >= 11 is 0. The molecule has 0 aliphatic carbocycles. The van der Waals surface area contributed by atoms with E-state index in [0.717, 1.165) is 5.56 Å². The number of hydrogen-bond acceptors (Lipinski definition) is 6. The van der Waals surface area contributed by atoms with Gasteiger partial charge in [0.1, 0.15) is 5.56 Å². The minimum atomic E-state index is -0.589. The molecule has 1 heterocycles. The van der Waals surface area contributed by atoms with Gasteiger partial charge in [0.05, 0.1) is 31.9 Å². The number of aromatic nitrogens is 1. The first-order valence-corrected chi connectivity index (χ1v) is 9.60. The van der Waals surface area contributed by atoms with Crippen molar-refractivity contribution in [2.45, 2.75) is 34.2 Å². The number of carbonyl (C=O) groups excluding carboxylic acids is 2. The number of benzene rings is 1. The summed E-state index contributed by atoms with van der Waals surface area (Å²) < 4.78 is 22.1. The molecular weight excluding hydrogens is 374 g/mol. The zero-order chi connectivity index (χ0) is 21.8. The SMILES string of the molecule is CCOC(=O)c1c(C(=O)OCC)c(OCC)n(Cc2ccccc2)c1C.COC. The van der Waals surface area contributed by atoms with Crippen molar-refractivity contribution < 1.29 is 28.5 Å². The zero-order valence-corrected chi connectivity index (χ0v) is 18.1. The standard InChI is InChI=1S/C20H25NO5.C2H6O/c1-5-24-18-17(20(23)26-7-3)16(19(22)25-6-2)14(4)21(18)13-15-11-9-8-10-12-15;1-3-2/h8-12H,5-7,13H2,1-4H3;1-2H3. The van der Waals surface area contributed by atoms with Crippen molar-refractivity contribution in [1.29, 1.82) is 0 Å². The van der Waals surface area contributed by atoms with E-state index in [0.29, 0.717) is 24.7 Å². The minimum absolute atomic E-state index is 0.126. The fourth-order valence-corrected chi connectivity index (χ4v) is 2.80. The number of carbonyl (C=O) groups is 2. The van der Waals surface area contributed by atoms with Crippen LogP contribution in [0.3, 0.4) is 0 Å². The zero-order valence-electron chi connectivity index (χ0n) is 18.1. The molecule has 2 rings (SSSR count). The van der Waals surface area contributed by atoms with Gasteiger partial charge in [0.15, 0.2) is 0 Å². The molecule has 1 aromatic carbocycles. The lowest BCUT2D eigenvalue weighted by Gasteiger charge is -2.13. The quantitative estimate of drug-likeness (QED) is 0.621. The molecule has 0 bridgehead atoms. The molecule has 7 nitrogen and oxygen atoms in total. The van der Waals surface area contributed by atoms with E-state index in [-0.39, 0.29) is 24.3 Å². The number of nitrogens with zero attached hydrogens (tertiary/aromatic N) is 1. The molecular formula is C22H31NO6. The first-order valence-electron chi connectivity index (χ1n) is 9.60. The maximum atomic E-state index is 12.6. The molecule has 7 heteroatoms. The Labute approximate surface area is 172 Å². The number of methoxy groups -OCH3 is 1. The van der Waals surface area contributed by atoms with Crippen LogP contribution in [0.25, 0.3) is 0 Å². The largest absolute Gasteiger partial charge is 0.478 e. The normalized spacial score (nSPS) is 10.0. The van der Waals surface area contributed by atoms with E-state index in [2.05, 4.69) is 4.74 Å². The molecule has 160 valence electrons. The van der Waals surface area contributed by atoms with Gasteiger partial charge in [-0.25, -0.2) is 9.59 Å². The Balaban J connectivity index is 0.00000132. The fourth-order valence-electron chi connectivity index (χ4n) is 2.80. The van der Waals surface area contributed by atoms with Crippen LogP contribution in [0.1, 0.15) is 52.7 Å². The van der Waals surface area contributed by atoms with Crippen LogP contribution in [-0.2, 0) is 20.8 Å². The lowest BCUT2D eigenvalue weighted by molar-refractivity contribution is 0.0476. The van der Waals surface area contributed by atoms with Crippen LogP contribution in [0.5, 0.6) is 5.88 Å². The molecule has 0 unspecified atom stereocenters. The van der Waals surface area contributed by atoms with Gasteiger partial charge in [-0.2, -0.15) is 0 Å². The van der Waals surface area contributed by atoms with E-state index in [9.17, 15) is 9.59 Å². The van der Waals surface area contributed by atoms with Gasteiger partial charge in [0.2, 0.25) is 5.88 Å². The third-order valence-corrected chi connectivity index (χ3v) is 3.90. The molecule has 0 amide bonds. The molecule has 0 radical (unpaired) electrons. The van der Waals surface area contributed by atoms with E-state index in [1.165, 1.54) is 0 Å². The van der Waals surface area contributed by atoms with Crippen LogP contribution in [-0.4, -0.2) is 50.5 Å². The van der Waals surface area contributed by atoms with Crippen molar-refractivity contribution in [3.8, 4) is 5.88 Å². The molecule has 0 fully saturated rings. The minimum Gasteiger partial charge on any atom is -0.478 e. The van der Waals surface area contributed by atoms with E-state index in [1.54, 1.807) is 35.0 Å². The van der Waals surface area contributed by atoms with E-state index in [1.807, 2.05) is 41.8 Å². The summed E-state index contributed by atoms with van der Waals surface area (Å²) in [5.74, 6) is -0.815. The molecule has 0 aliphatic rings. The summed E-state index contributed by atoms with van der Waals surface area (Å²) in [6.45, 7) is 8.29. The van der Waals surface area contributed by atoms with Crippen molar-refractivity contribution in [3.05, 3.63) is 52.7 Å². The molecule has 0 spiro atoms. The summed E-state index contributed by atoms with van der Waals surface area (Å²) in [5, 5.41) is 0. The second kappa shape index (κ2) is 12.6. The summed E-state index contributed by atoms with van der Waals surface area (Å²) in [6, 6.07) is 9.76. The average Bonchev–Trinajstić information content (AvgIpc) is 2.96. The van der Waals surface area contributed by atoms with Crippen LogP contribution in [0, 0.1) is 6.92 Å². The smallest absolute Gasteiger partial charge is 0.344 e. The predicted octanol–water partition coefficient (Wildman–Crippen LogP) is 3.86. The van der Waals surface area contributed by atoms with E-state index >= 15 is 0 Å². The van der Waals surface area contributed by atoms with Gasteiger partial charge in [-0.05, 0) is 33.3 Å². The van der Waals surface area contributed by atoms with E-state index in [4.69, 9.17) is 14.2 Å². The second-order valence-electron chi connectivity index (χ2n) is 5.99. The Morgan fingerprint density at radius 3 is 1.86 bits per heavy atom. The lowest BCUT2D eigenvalue weighted by atomic mass is 10.1. The molecule has 0 N–H and O–H groups in total. The molecule has 0 saturated heterocycles. The van der Waals surface area contributed by atoms with Crippen molar-refractivity contribution >= 4 is 11.9 Å². The summed E-state index contributed by atoms with van der Waals surface area (Å²) in [7, 11) is 3.25. The maximum absolute atomic E-state index is 12.6. The number of rotatable bonds is 8. The van der Waals surface area contributed by atoms with Gasteiger partial charge >= 0.3 is 11.9 Å². The third kappa shape index (κ3) is 6.35. The van der Waals surface area contributed by atoms with Gasteiger partial charge in [-0.3, -0.25) is 0 Å². The molecule has 2 aromatic rings. The van der Waals surface area contributed by atoms with Crippen molar-refractivity contribution in [2.24, 2.45) is 0 Å². The highest BCUT2D eigenvalue weighted by atomic mass is 16.5. The highest BCUT2D eigenvalue weighted by Gasteiger charge is 2.32. The monoisotopic (exact) mass is 405 g/mol. The molecule has 0 saturated carbocycles. The van der Waals surface area contributed by atoms with Gasteiger partial charge < -0.3 is 23.5 Å². The van der Waals surface area contributed by atoms with Gasteiger partial charge in [0.25, 0.3) is 0 Å². The number of hydrogen-bond donors (Lipinski definition) is 0. The van der Waals surface area contributed by atoms with Crippen LogP contribution < -0.4 is 4.74 Å². The van der Waals surface area contributed by atoms with Crippen molar-refractivity contribution in [3.63, 3.8) is 0 Å². The predicted molar refractivity (Wildman–Crippen MR) is 111 cm³/mol. The fraction of sp³-hybridized carbons (Fsp3) is 0.455. The highest BCUT2D eigenvalue weighted by molar-refractivity contribution is 6.06. The summed E-state index contributed by atoms with van der Waals surface area (Å²) in [4.78, 5) is 25.1.